The summed E-state index contributed by atoms with van der Waals surface area (Å²) in [4.78, 5) is 2.42. The fraction of sp³-hybridized carbons (Fsp3) is 0.353. The van der Waals surface area contributed by atoms with Crippen LogP contribution in [0.1, 0.15) is 11.3 Å². The Morgan fingerprint density at radius 1 is 1.00 bits per heavy atom. The van der Waals surface area contributed by atoms with E-state index in [1.54, 1.807) is 0 Å². The molecule has 0 bridgehead atoms. The van der Waals surface area contributed by atoms with Gasteiger partial charge in [0.15, 0.2) is 0 Å². The molecule has 0 unspecified atom stereocenters. The molecule has 1 aromatic heterocycles. The van der Waals surface area contributed by atoms with Crippen LogP contribution in [-0.2, 0) is 7.05 Å². The molecule has 1 saturated heterocycles. The normalized spacial score (nSPS) is 15.9. The van der Waals surface area contributed by atoms with Crippen molar-refractivity contribution >= 4 is 11.9 Å². The second-order valence-corrected chi connectivity index (χ2v) is 5.56. The minimum absolute atomic E-state index is 0.967. The van der Waals surface area contributed by atoms with Gasteiger partial charge < -0.3 is 9.47 Å². The van der Waals surface area contributed by atoms with Crippen LogP contribution in [0.4, 0.5) is 5.69 Å². The van der Waals surface area contributed by atoms with Crippen molar-refractivity contribution in [3.05, 3.63) is 53.9 Å². The first-order valence-corrected chi connectivity index (χ1v) is 7.44. The Morgan fingerprint density at radius 2 is 1.71 bits per heavy atom. The summed E-state index contributed by atoms with van der Waals surface area (Å²) in [7, 11) is 2.04. The zero-order valence-corrected chi connectivity index (χ0v) is 12.7. The van der Waals surface area contributed by atoms with Gasteiger partial charge >= 0.3 is 0 Å². The van der Waals surface area contributed by atoms with Crippen molar-refractivity contribution in [2.75, 3.05) is 31.1 Å². The van der Waals surface area contributed by atoms with Crippen molar-refractivity contribution in [2.45, 2.75) is 6.92 Å². The first-order chi connectivity index (χ1) is 10.2. The number of hydrazone groups is 1. The van der Waals surface area contributed by atoms with Crippen LogP contribution in [0.2, 0.25) is 0 Å². The fourth-order valence-corrected chi connectivity index (χ4v) is 2.57. The van der Waals surface area contributed by atoms with Crippen LogP contribution in [0.15, 0.2) is 47.7 Å². The third-order valence-electron chi connectivity index (χ3n) is 3.99. The van der Waals surface area contributed by atoms with Gasteiger partial charge in [-0.25, -0.2) is 0 Å². The average Bonchev–Trinajstić information content (AvgIpc) is 2.92. The van der Waals surface area contributed by atoms with Crippen molar-refractivity contribution in [3.63, 3.8) is 0 Å². The molecule has 0 saturated carbocycles. The summed E-state index contributed by atoms with van der Waals surface area (Å²) < 4.78 is 2.08. The number of benzene rings is 1. The molecule has 4 nitrogen and oxygen atoms in total. The molecule has 1 aliphatic heterocycles. The van der Waals surface area contributed by atoms with Crippen LogP contribution in [0.25, 0.3) is 0 Å². The van der Waals surface area contributed by atoms with Crippen LogP contribution in [0, 0.1) is 6.92 Å². The lowest BCUT2D eigenvalue weighted by Crippen LogP contribution is -2.44. The van der Waals surface area contributed by atoms with Gasteiger partial charge in [0.05, 0.1) is 25.0 Å². The van der Waals surface area contributed by atoms with Crippen LogP contribution in [0.5, 0.6) is 0 Å². The minimum atomic E-state index is 0.967. The summed E-state index contributed by atoms with van der Waals surface area (Å²) in [6, 6.07) is 12.9. The van der Waals surface area contributed by atoms with Crippen molar-refractivity contribution in [1.29, 1.82) is 0 Å². The van der Waals surface area contributed by atoms with Gasteiger partial charge in [0.1, 0.15) is 0 Å². The Labute approximate surface area is 126 Å². The Kier molecular flexibility index (Phi) is 3.95. The number of piperazine rings is 1. The highest BCUT2D eigenvalue weighted by Gasteiger charge is 2.15. The highest BCUT2D eigenvalue weighted by atomic mass is 15.5. The van der Waals surface area contributed by atoms with E-state index in [4.69, 9.17) is 0 Å². The summed E-state index contributed by atoms with van der Waals surface area (Å²) in [5.41, 5.74) is 3.76. The van der Waals surface area contributed by atoms with Gasteiger partial charge in [-0.3, -0.25) is 5.01 Å². The quantitative estimate of drug-likeness (QED) is 0.808. The van der Waals surface area contributed by atoms with E-state index in [0.717, 1.165) is 31.9 Å². The highest BCUT2D eigenvalue weighted by Crippen LogP contribution is 2.17. The average molecular weight is 282 g/mol. The van der Waals surface area contributed by atoms with Crippen LogP contribution in [0.3, 0.4) is 0 Å². The number of aromatic nitrogens is 1. The zero-order valence-electron chi connectivity index (χ0n) is 12.7. The minimum Gasteiger partial charge on any atom is -0.368 e. The monoisotopic (exact) mass is 282 g/mol. The summed E-state index contributed by atoms with van der Waals surface area (Å²) in [6.07, 6.45) is 3.98. The van der Waals surface area contributed by atoms with Crippen molar-refractivity contribution in [3.8, 4) is 0 Å². The highest BCUT2D eigenvalue weighted by molar-refractivity contribution is 5.77. The van der Waals surface area contributed by atoms with E-state index in [9.17, 15) is 0 Å². The number of hydrogen-bond acceptors (Lipinski definition) is 3. The molecule has 0 atom stereocenters. The molecule has 110 valence electrons. The molecule has 1 aromatic carbocycles. The molecule has 21 heavy (non-hydrogen) atoms. The Balaban J connectivity index is 1.56. The van der Waals surface area contributed by atoms with Crippen molar-refractivity contribution in [2.24, 2.45) is 12.1 Å². The van der Waals surface area contributed by atoms with E-state index in [1.807, 2.05) is 25.5 Å². The smallest absolute Gasteiger partial charge is 0.0707 e. The SMILES string of the molecule is Cc1ccc(N2CCN(N=Cc3cccn3C)CC2)cc1. The first kappa shape index (κ1) is 13.7. The number of nitrogens with zero attached hydrogens (tertiary/aromatic N) is 4. The third-order valence-corrected chi connectivity index (χ3v) is 3.99. The molecule has 4 heteroatoms. The van der Waals surface area contributed by atoms with Crippen LogP contribution in [-0.4, -0.2) is 42.0 Å². The Hall–Kier alpha value is -2.23. The van der Waals surface area contributed by atoms with Crippen LogP contribution < -0.4 is 4.90 Å². The molecule has 3 rings (SSSR count). The van der Waals surface area contributed by atoms with Crippen molar-refractivity contribution in [1.82, 2.24) is 9.58 Å². The Bertz CT molecular complexity index is 604. The topological polar surface area (TPSA) is 23.8 Å². The molecule has 0 amide bonds. The maximum Gasteiger partial charge on any atom is 0.0707 e. The molecular weight excluding hydrogens is 260 g/mol. The van der Waals surface area contributed by atoms with Crippen molar-refractivity contribution < 1.29 is 0 Å². The summed E-state index contributed by atoms with van der Waals surface area (Å²) >= 11 is 0. The van der Waals surface area contributed by atoms with Gasteiger partial charge in [-0.15, -0.1) is 0 Å². The maximum atomic E-state index is 4.59. The third kappa shape index (κ3) is 3.27. The molecule has 0 spiro atoms. The van der Waals surface area contributed by atoms with Gasteiger partial charge in [-0.1, -0.05) is 17.7 Å². The van der Waals surface area contributed by atoms with Gasteiger partial charge in [-0.05, 0) is 31.2 Å². The second-order valence-electron chi connectivity index (χ2n) is 5.56. The molecule has 0 N–H and O–H groups in total. The molecule has 0 radical (unpaired) electrons. The number of anilines is 1. The number of hydrogen-bond donors (Lipinski definition) is 0. The molecular formula is C17H22N4. The van der Waals surface area contributed by atoms with Gasteiger partial charge in [0.25, 0.3) is 0 Å². The molecule has 2 aromatic rings. The van der Waals surface area contributed by atoms with E-state index in [0.29, 0.717) is 0 Å². The molecule has 1 fully saturated rings. The van der Waals surface area contributed by atoms with Crippen LogP contribution >= 0.6 is 0 Å². The molecule has 1 aliphatic rings. The first-order valence-electron chi connectivity index (χ1n) is 7.44. The van der Waals surface area contributed by atoms with E-state index < -0.39 is 0 Å². The van der Waals surface area contributed by atoms with E-state index >= 15 is 0 Å². The predicted octanol–water partition coefficient (Wildman–Crippen LogP) is 2.49. The maximum absolute atomic E-state index is 4.59. The zero-order chi connectivity index (χ0) is 14.7. The second kappa shape index (κ2) is 6.04. The van der Waals surface area contributed by atoms with Gasteiger partial charge in [-0.2, -0.15) is 5.10 Å². The summed E-state index contributed by atoms with van der Waals surface area (Å²) in [6.45, 7) is 6.10. The van der Waals surface area contributed by atoms with E-state index in [-0.39, 0.29) is 0 Å². The Morgan fingerprint density at radius 3 is 2.33 bits per heavy atom. The summed E-state index contributed by atoms with van der Waals surface area (Å²) in [5.74, 6) is 0. The molecule has 2 heterocycles. The standard InChI is InChI=1S/C17H22N4/c1-15-5-7-16(8-6-15)20-10-12-21(13-11-20)18-14-17-4-3-9-19(17)2/h3-9,14H,10-13H2,1-2H3. The number of aryl methyl sites for hydroxylation is 2. The lowest BCUT2D eigenvalue weighted by atomic mass is 10.2. The van der Waals surface area contributed by atoms with Gasteiger partial charge in [0, 0.05) is 32.0 Å². The molecule has 0 aliphatic carbocycles. The van der Waals surface area contributed by atoms with E-state index in [1.165, 1.54) is 11.3 Å². The predicted molar refractivity (Wildman–Crippen MR) is 88.0 cm³/mol. The summed E-state index contributed by atoms with van der Waals surface area (Å²) in [5, 5.41) is 6.74. The lowest BCUT2D eigenvalue weighted by Gasteiger charge is -2.34. The van der Waals surface area contributed by atoms with Gasteiger partial charge in [0.2, 0.25) is 0 Å². The lowest BCUT2D eigenvalue weighted by molar-refractivity contribution is 0.272. The van der Waals surface area contributed by atoms with E-state index in [2.05, 4.69) is 56.8 Å². The fourth-order valence-electron chi connectivity index (χ4n) is 2.57. The largest absolute Gasteiger partial charge is 0.368 e. The number of rotatable bonds is 3.